The van der Waals surface area contributed by atoms with Crippen molar-refractivity contribution in [2.24, 2.45) is 7.05 Å². The molecule has 9 heteroatoms. The third-order valence-electron chi connectivity index (χ3n) is 3.75. The molecule has 2 aromatic heterocycles. The van der Waals surface area contributed by atoms with E-state index < -0.39 is 17.9 Å². The molecule has 3 heterocycles. The van der Waals surface area contributed by atoms with E-state index in [4.69, 9.17) is 5.11 Å². The molecule has 0 bridgehead atoms. The van der Waals surface area contributed by atoms with Crippen LogP contribution in [0.3, 0.4) is 0 Å². The summed E-state index contributed by atoms with van der Waals surface area (Å²) in [4.78, 5) is 40.8. The molecule has 1 atom stereocenters. The minimum absolute atomic E-state index is 0.148. The molecule has 1 aliphatic heterocycles. The van der Waals surface area contributed by atoms with Gasteiger partial charge in [0.25, 0.3) is 5.91 Å². The van der Waals surface area contributed by atoms with Gasteiger partial charge >= 0.3 is 5.97 Å². The molecule has 2 amide bonds. The van der Waals surface area contributed by atoms with Crippen LogP contribution in [0.15, 0.2) is 30.7 Å². The molecule has 1 fully saturated rings. The van der Waals surface area contributed by atoms with E-state index in [1.54, 1.807) is 29.0 Å². The lowest BCUT2D eigenvalue weighted by Gasteiger charge is -2.15. The molecule has 0 radical (unpaired) electrons. The standard InChI is InChI=1S/C15H15N5O4/c1-19-8-10(7-17-19)20-5-3-11(14(20)22)18-13(21)9-2-4-16-12(6-9)15(23)24/h2,4,6-8,11H,3,5H2,1H3,(H,18,21)(H,23,24). The molecule has 24 heavy (non-hydrogen) atoms. The molecule has 1 aliphatic rings. The highest BCUT2D eigenvalue weighted by molar-refractivity contribution is 6.04. The number of carbonyl (C=O) groups excluding carboxylic acids is 2. The van der Waals surface area contributed by atoms with Crippen molar-refractivity contribution in [3.8, 4) is 0 Å². The van der Waals surface area contributed by atoms with E-state index in [2.05, 4.69) is 15.4 Å². The molecule has 1 unspecified atom stereocenters. The van der Waals surface area contributed by atoms with Crippen molar-refractivity contribution in [2.45, 2.75) is 12.5 Å². The van der Waals surface area contributed by atoms with Gasteiger partial charge < -0.3 is 15.3 Å². The second-order valence-corrected chi connectivity index (χ2v) is 5.41. The van der Waals surface area contributed by atoms with Crippen LogP contribution in [0.25, 0.3) is 0 Å². The van der Waals surface area contributed by atoms with Gasteiger partial charge in [-0.25, -0.2) is 9.78 Å². The van der Waals surface area contributed by atoms with Gasteiger partial charge in [-0.3, -0.25) is 14.3 Å². The molecule has 9 nitrogen and oxygen atoms in total. The summed E-state index contributed by atoms with van der Waals surface area (Å²) in [6.45, 7) is 0.478. The zero-order valence-corrected chi connectivity index (χ0v) is 12.8. The van der Waals surface area contributed by atoms with Crippen LogP contribution >= 0.6 is 0 Å². The predicted octanol–water partition coefficient (Wildman–Crippen LogP) is 0.0486. The van der Waals surface area contributed by atoms with Gasteiger partial charge in [-0.05, 0) is 18.6 Å². The zero-order valence-electron chi connectivity index (χ0n) is 12.8. The Bertz CT molecular complexity index is 816. The molecule has 0 saturated carbocycles. The molecular formula is C15H15N5O4. The van der Waals surface area contributed by atoms with Crippen LogP contribution in [0.5, 0.6) is 0 Å². The summed E-state index contributed by atoms with van der Waals surface area (Å²) < 4.78 is 1.60. The molecule has 124 valence electrons. The third kappa shape index (κ3) is 2.96. The molecule has 0 aliphatic carbocycles. The van der Waals surface area contributed by atoms with Crippen LogP contribution in [0.4, 0.5) is 5.69 Å². The largest absolute Gasteiger partial charge is 0.477 e. The normalized spacial score (nSPS) is 17.1. The number of aryl methyl sites for hydroxylation is 1. The highest BCUT2D eigenvalue weighted by Crippen LogP contribution is 2.20. The Morgan fingerprint density at radius 2 is 2.21 bits per heavy atom. The number of carboxylic acid groups (broad SMARTS) is 1. The van der Waals surface area contributed by atoms with Crippen molar-refractivity contribution < 1.29 is 19.5 Å². The molecule has 2 N–H and O–H groups in total. The van der Waals surface area contributed by atoms with Crippen molar-refractivity contribution >= 4 is 23.5 Å². The van der Waals surface area contributed by atoms with Gasteiger partial charge in [-0.15, -0.1) is 0 Å². The number of anilines is 1. The van der Waals surface area contributed by atoms with Gasteiger partial charge in [0.05, 0.1) is 11.9 Å². The van der Waals surface area contributed by atoms with E-state index in [9.17, 15) is 14.4 Å². The van der Waals surface area contributed by atoms with E-state index >= 15 is 0 Å². The first kappa shape index (κ1) is 15.7. The van der Waals surface area contributed by atoms with Gasteiger partial charge in [-0.1, -0.05) is 0 Å². The maximum absolute atomic E-state index is 12.4. The number of rotatable bonds is 4. The first-order valence-corrected chi connectivity index (χ1v) is 7.26. The lowest BCUT2D eigenvalue weighted by atomic mass is 10.2. The van der Waals surface area contributed by atoms with Gasteiger partial charge in [0.15, 0.2) is 0 Å². The smallest absolute Gasteiger partial charge is 0.354 e. The zero-order chi connectivity index (χ0) is 17.3. The number of nitrogens with one attached hydrogen (secondary N) is 1. The molecule has 0 spiro atoms. The van der Waals surface area contributed by atoms with Crippen LogP contribution < -0.4 is 10.2 Å². The SMILES string of the molecule is Cn1cc(N2CCC(NC(=O)c3ccnc(C(=O)O)c3)C2=O)cn1. The lowest BCUT2D eigenvalue weighted by molar-refractivity contribution is -0.118. The monoisotopic (exact) mass is 329 g/mol. The summed E-state index contributed by atoms with van der Waals surface area (Å²) in [5, 5.41) is 15.6. The second-order valence-electron chi connectivity index (χ2n) is 5.41. The number of hydrogen-bond donors (Lipinski definition) is 2. The average molecular weight is 329 g/mol. The number of pyridine rings is 1. The number of aromatic carboxylic acids is 1. The van der Waals surface area contributed by atoms with Crippen molar-refractivity contribution in [1.82, 2.24) is 20.1 Å². The molecular weight excluding hydrogens is 314 g/mol. The van der Waals surface area contributed by atoms with Crippen molar-refractivity contribution in [2.75, 3.05) is 11.4 Å². The Morgan fingerprint density at radius 3 is 2.88 bits per heavy atom. The van der Waals surface area contributed by atoms with Crippen LogP contribution in [0.2, 0.25) is 0 Å². The Hall–Kier alpha value is -3.23. The first-order valence-electron chi connectivity index (χ1n) is 7.26. The van der Waals surface area contributed by atoms with E-state index in [0.717, 1.165) is 0 Å². The fraction of sp³-hybridized carbons (Fsp3) is 0.267. The quantitative estimate of drug-likeness (QED) is 0.818. The fourth-order valence-electron chi connectivity index (χ4n) is 2.55. The number of carboxylic acids is 1. The maximum atomic E-state index is 12.4. The summed E-state index contributed by atoms with van der Waals surface area (Å²) in [6, 6.07) is 1.93. The van der Waals surface area contributed by atoms with Crippen LogP contribution in [-0.2, 0) is 11.8 Å². The number of amides is 2. The number of nitrogens with zero attached hydrogens (tertiary/aromatic N) is 4. The van der Waals surface area contributed by atoms with Crippen LogP contribution in [-0.4, -0.2) is 50.2 Å². The number of hydrogen-bond acceptors (Lipinski definition) is 5. The summed E-state index contributed by atoms with van der Waals surface area (Å²) in [7, 11) is 1.76. The van der Waals surface area contributed by atoms with Gasteiger partial charge in [0, 0.05) is 31.5 Å². The Balaban J connectivity index is 1.70. The molecule has 0 aromatic carbocycles. The van der Waals surface area contributed by atoms with E-state index in [1.165, 1.54) is 18.3 Å². The minimum atomic E-state index is -1.22. The summed E-state index contributed by atoms with van der Waals surface area (Å²) in [5.41, 5.74) is 0.601. The van der Waals surface area contributed by atoms with Crippen molar-refractivity contribution in [3.63, 3.8) is 0 Å². The summed E-state index contributed by atoms with van der Waals surface area (Å²) >= 11 is 0. The molecule has 3 rings (SSSR count). The predicted molar refractivity (Wildman–Crippen MR) is 82.6 cm³/mol. The van der Waals surface area contributed by atoms with Gasteiger partial charge in [0.1, 0.15) is 11.7 Å². The topological polar surface area (TPSA) is 117 Å². The van der Waals surface area contributed by atoms with E-state index in [0.29, 0.717) is 18.7 Å². The van der Waals surface area contributed by atoms with E-state index in [-0.39, 0.29) is 17.2 Å². The summed E-state index contributed by atoms with van der Waals surface area (Å²) in [5.74, 6) is -1.94. The van der Waals surface area contributed by atoms with E-state index in [1.807, 2.05) is 0 Å². The number of aromatic nitrogens is 3. The Kier molecular flexibility index (Phi) is 3.98. The fourth-order valence-corrected chi connectivity index (χ4v) is 2.55. The first-order chi connectivity index (χ1) is 11.5. The van der Waals surface area contributed by atoms with Gasteiger partial charge in [0.2, 0.25) is 5.91 Å². The highest BCUT2D eigenvalue weighted by Gasteiger charge is 2.34. The Morgan fingerprint density at radius 1 is 1.42 bits per heavy atom. The average Bonchev–Trinajstić information content (AvgIpc) is 3.14. The van der Waals surface area contributed by atoms with Crippen molar-refractivity contribution in [1.29, 1.82) is 0 Å². The van der Waals surface area contributed by atoms with Crippen molar-refractivity contribution in [3.05, 3.63) is 42.0 Å². The van der Waals surface area contributed by atoms with Crippen LogP contribution in [0, 0.1) is 0 Å². The van der Waals surface area contributed by atoms with Gasteiger partial charge in [-0.2, -0.15) is 5.10 Å². The molecule has 1 saturated heterocycles. The molecule has 2 aromatic rings. The third-order valence-corrected chi connectivity index (χ3v) is 3.75. The Labute approximate surface area is 136 Å². The van der Waals surface area contributed by atoms with Crippen LogP contribution in [0.1, 0.15) is 27.3 Å². The minimum Gasteiger partial charge on any atom is -0.477 e. The highest BCUT2D eigenvalue weighted by atomic mass is 16.4. The second kappa shape index (κ2) is 6.11. The maximum Gasteiger partial charge on any atom is 0.354 e. The summed E-state index contributed by atoms with van der Waals surface area (Å²) in [6.07, 6.45) is 5.03. The number of carbonyl (C=O) groups is 3. The lowest BCUT2D eigenvalue weighted by Crippen LogP contribution is -2.41.